The van der Waals surface area contributed by atoms with Crippen molar-refractivity contribution >= 4 is 45.4 Å². The lowest BCUT2D eigenvalue weighted by Crippen LogP contribution is -2.09. The van der Waals surface area contributed by atoms with Crippen LogP contribution in [0.1, 0.15) is 47.9 Å². The summed E-state index contributed by atoms with van der Waals surface area (Å²) in [5.41, 5.74) is 6.70. The van der Waals surface area contributed by atoms with Crippen LogP contribution in [0.2, 0.25) is 0 Å². The molecule has 0 fully saturated rings. The molecule has 2 N–H and O–H groups in total. The van der Waals surface area contributed by atoms with E-state index in [0.29, 0.717) is 0 Å². The maximum absolute atomic E-state index is 10.9. The molecule has 2 radical (unpaired) electrons. The number of phenols is 2. The number of hydrogen-bond acceptors (Lipinski definition) is 2. The third kappa shape index (κ3) is 3.24. The lowest BCUT2D eigenvalue weighted by molar-refractivity contribution is 0.462. The minimum Gasteiger partial charge on any atom is -0.506 e. The largest absolute Gasteiger partial charge is 0.506 e. The molecule has 5 heteroatoms. The zero-order chi connectivity index (χ0) is 16.8. The maximum atomic E-state index is 10.9. The van der Waals surface area contributed by atoms with Crippen LogP contribution in [0.15, 0.2) is 21.1 Å². The molecule has 2 aromatic carbocycles. The number of benzene rings is 2. The van der Waals surface area contributed by atoms with Gasteiger partial charge in [-0.15, -0.1) is 0 Å². The van der Waals surface area contributed by atoms with Crippen molar-refractivity contribution in [3.8, 4) is 22.6 Å². The second-order valence-corrected chi connectivity index (χ2v) is 8.56. The van der Waals surface area contributed by atoms with Crippen LogP contribution in [0.25, 0.3) is 11.1 Å². The van der Waals surface area contributed by atoms with Crippen molar-refractivity contribution in [2.75, 3.05) is 0 Å². The number of hydrogen-bond donors (Lipinski definition) is 2. The molecular weight excluding hydrogens is 464 g/mol. The second-order valence-electron chi connectivity index (χ2n) is 6.85. The Bertz CT molecular complexity index is 764. The summed E-state index contributed by atoms with van der Waals surface area (Å²) in [6.07, 6.45) is 8.66. The van der Waals surface area contributed by atoms with E-state index in [9.17, 15) is 10.2 Å². The van der Waals surface area contributed by atoms with Crippen LogP contribution in [-0.4, -0.2) is 10.2 Å². The molecule has 0 unspecified atom stereocenters. The molecule has 0 amide bonds. The molecule has 25 heavy (non-hydrogen) atoms. The summed E-state index contributed by atoms with van der Waals surface area (Å²) in [7, 11) is 0. The molecule has 0 bridgehead atoms. The van der Waals surface area contributed by atoms with Gasteiger partial charge < -0.3 is 10.2 Å². The fraction of sp³-hybridized carbons (Fsp3) is 0.400. The molecule has 2 aromatic rings. The predicted molar refractivity (Wildman–Crippen MR) is 111 cm³/mol. The van der Waals surface area contributed by atoms with Gasteiger partial charge in [0.2, 0.25) is 0 Å². The van der Waals surface area contributed by atoms with Crippen LogP contribution in [0.5, 0.6) is 11.5 Å². The molecule has 0 aliphatic heterocycles. The lowest BCUT2D eigenvalue weighted by atomic mass is 9.80. The van der Waals surface area contributed by atoms with Crippen LogP contribution in [0.4, 0.5) is 0 Å². The molecule has 0 atom stereocenters. The number of rotatable bonds is 1. The summed E-state index contributed by atoms with van der Waals surface area (Å²) in [6.45, 7) is 0. The standard InChI is InChI=1S/C20H20Br2O2.S/c21-15-9-11-5-1-3-7-13(11)17(19(15)23)18-14-8-4-2-6-12(14)10-16(22)20(18)24;/h9-10,23-24H,1-8H2;. The van der Waals surface area contributed by atoms with Crippen molar-refractivity contribution in [1.29, 1.82) is 0 Å². The van der Waals surface area contributed by atoms with Crippen molar-refractivity contribution in [2.45, 2.75) is 51.4 Å². The van der Waals surface area contributed by atoms with Crippen molar-refractivity contribution in [1.82, 2.24) is 0 Å². The van der Waals surface area contributed by atoms with Crippen molar-refractivity contribution in [2.24, 2.45) is 0 Å². The van der Waals surface area contributed by atoms with Gasteiger partial charge in [0.25, 0.3) is 0 Å². The average Bonchev–Trinajstić information content (AvgIpc) is 2.58. The Morgan fingerprint density at radius 3 is 1.40 bits per heavy atom. The Kier molecular flexibility index (Phi) is 5.76. The van der Waals surface area contributed by atoms with Gasteiger partial charge in [0.15, 0.2) is 0 Å². The Hall–Kier alpha value is -0.650. The van der Waals surface area contributed by atoms with E-state index >= 15 is 0 Å². The first-order chi connectivity index (χ1) is 11.6. The monoisotopic (exact) mass is 482 g/mol. The van der Waals surface area contributed by atoms with Gasteiger partial charge in [-0.2, -0.15) is 0 Å². The zero-order valence-corrected chi connectivity index (χ0v) is 17.9. The van der Waals surface area contributed by atoms with Gasteiger partial charge >= 0.3 is 0 Å². The molecule has 2 aliphatic rings. The first-order valence-corrected chi connectivity index (χ1v) is 10.2. The summed E-state index contributed by atoms with van der Waals surface area (Å²) in [5.74, 6) is 0.522. The average molecular weight is 484 g/mol. The van der Waals surface area contributed by atoms with E-state index in [4.69, 9.17) is 0 Å². The fourth-order valence-corrected chi connectivity index (χ4v) is 5.20. The lowest BCUT2D eigenvalue weighted by Gasteiger charge is -2.26. The topological polar surface area (TPSA) is 40.5 Å². The van der Waals surface area contributed by atoms with E-state index in [1.54, 1.807) is 0 Å². The minimum absolute atomic E-state index is 0. The molecule has 132 valence electrons. The van der Waals surface area contributed by atoms with Crippen molar-refractivity contribution in [3.63, 3.8) is 0 Å². The Morgan fingerprint density at radius 1 is 0.640 bits per heavy atom. The van der Waals surface area contributed by atoms with E-state index in [0.717, 1.165) is 58.6 Å². The van der Waals surface area contributed by atoms with Crippen LogP contribution < -0.4 is 0 Å². The Labute approximate surface area is 172 Å². The summed E-state index contributed by atoms with van der Waals surface area (Å²) >= 11 is 7.04. The van der Waals surface area contributed by atoms with E-state index in [2.05, 4.69) is 44.0 Å². The number of phenolic OH excluding ortho intramolecular Hbond substituents is 2. The first-order valence-electron chi connectivity index (χ1n) is 8.64. The van der Waals surface area contributed by atoms with Crippen molar-refractivity contribution in [3.05, 3.63) is 43.3 Å². The van der Waals surface area contributed by atoms with Crippen LogP contribution in [-0.2, 0) is 25.7 Å². The highest BCUT2D eigenvalue weighted by Gasteiger charge is 2.27. The maximum Gasteiger partial charge on any atom is 0.138 e. The van der Waals surface area contributed by atoms with E-state index in [1.807, 2.05) is 0 Å². The minimum atomic E-state index is 0. The highest BCUT2D eigenvalue weighted by atomic mass is 79.9. The van der Waals surface area contributed by atoms with Gasteiger partial charge in [0.1, 0.15) is 11.5 Å². The molecule has 2 nitrogen and oxygen atoms in total. The van der Waals surface area contributed by atoms with Crippen LogP contribution >= 0.6 is 45.4 Å². The Balaban J connectivity index is 0.00000182. The first kappa shape index (κ1) is 19.1. The number of aryl methyl sites for hydroxylation is 2. The van der Waals surface area contributed by atoms with Gasteiger partial charge in [-0.1, -0.05) is 0 Å². The normalized spacial score (nSPS) is 15.9. The summed E-state index contributed by atoms with van der Waals surface area (Å²) < 4.78 is 1.45. The number of fused-ring (bicyclic) bond motifs is 2. The molecule has 0 aromatic heterocycles. The fourth-order valence-electron chi connectivity index (χ4n) is 4.25. The van der Waals surface area contributed by atoms with Gasteiger partial charge in [0, 0.05) is 24.6 Å². The highest BCUT2D eigenvalue weighted by molar-refractivity contribution is 9.11. The molecule has 0 saturated heterocycles. The van der Waals surface area contributed by atoms with Gasteiger partial charge in [-0.25, -0.2) is 0 Å². The van der Waals surface area contributed by atoms with Crippen LogP contribution in [0.3, 0.4) is 0 Å². The Morgan fingerprint density at radius 2 is 1.00 bits per heavy atom. The third-order valence-corrected chi connectivity index (χ3v) is 6.61. The SMILES string of the molecule is Oc1c(Br)cc2c(c1-c1c(O)c(Br)cc3c1CCCC3)CCCC2.[S]. The van der Waals surface area contributed by atoms with Crippen LogP contribution in [0, 0.1) is 0 Å². The van der Waals surface area contributed by atoms with E-state index in [-0.39, 0.29) is 25.0 Å². The second kappa shape index (κ2) is 7.53. The molecule has 0 spiro atoms. The third-order valence-electron chi connectivity index (χ3n) is 5.40. The zero-order valence-electron chi connectivity index (χ0n) is 13.9. The van der Waals surface area contributed by atoms with Crippen molar-refractivity contribution < 1.29 is 10.2 Å². The highest BCUT2D eigenvalue weighted by Crippen LogP contribution is 2.50. The smallest absolute Gasteiger partial charge is 0.138 e. The van der Waals surface area contributed by atoms with E-state index < -0.39 is 0 Å². The summed E-state index contributed by atoms with van der Waals surface area (Å²) in [4.78, 5) is 0. The number of aromatic hydroxyl groups is 2. The summed E-state index contributed by atoms with van der Waals surface area (Å²) in [5, 5.41) is 21.7. The van der Waals surface area contributed by atoms with Gasteiger partial charge in [-0.3, -0.25) is 0 Å². The van der Waals surface area contributed by atoms with Gasteiger partial charge in [0.05, 0.1) is 8.95 Å². The predicted octanol–water partition coefficient (Wildman–Crippen LogP) is 6.70. The molecular formula is C20H20Br2O2S. The van der Waals surface area contributed by atoms with Gasteiger partial charge in [-0.05, 0) is 118 Å². The quantitative estimate of drug-likeness (QED) is 0.473. The molecule has 4 rings (SSSR count). The number of halogens is 2. The molecule has 2 aliphatic carbocycles. The summed E-state index contributed by atoms with van der Waals surface area (Å²) in [6, 6.07) is 4.10. The van der Waals surface area contributed by atoms with E-state index in [1.165, 1.54) is 35.1 Å². The molecule has 0 heterocycles. The molecule has 0 saturated carbocycles.